The highest BCUT2D eigenvalue weighted by molar-refractivity contribution is 7.99. The molecule has 0 aromatic carbocycles. The number of rotatable bonds is 15. The Balaban J connectivity index is 2.22. The Morgan fingerprint density at radius 2 is 1.81 bits per heavy atom. The second kappa shape index (κ2) is 15.5. The molecule has 0 bridgehead atoms. The molecule has 0 saturated carbocycles. The Hall–Kier alpha value is -1.43. The summed E-state index contributed by atoms with van der Waals surface area (Å²) in [7, 11) is -3.64. The maximum atomic E-state index is 13.3. The van der Waals surface area contributed by atoms with E-state index < -0.39 is 122 Å². The summed E-state index contributed by atoms with van der Waals surface area (Å²) in [5, 5.41) is 44.5. The molecule has 2 rings (SSSR count). The quantitative estimate of drug-likeness (QED) is 0.0770. The van der Waals surface area contributed by atoms with Gasteiger partial charge in [-0.3, -0.25) is 13.2 Å². The van der Waals surface area contributed by atoms with E-state index >= 15 is 0 Å². The van der Waals surface area contributed by atoms with Crippen LogP contribution in [0, 0.1) is 5.92 Å². The lowest BCUT2D eigenvalue weighted by molar-refractivity contribution is -0.287. The van der Waals surface area contributed by atoms with Crippen LogP contribution in [0.1, 0.15) is 25.3 Å². The molecule has 1 aromatic rings. The molecule has 1 aromatic heterocycles. The molecular formula is C22H34N2O14S4-2. The van der Waals surface area contributed by atoms with Crippen LogP contribution in [-0.2, 0) is 57.5 Å². The van der Waals surface area contributed by atoms with E-state index in [2.05, 4.69) is 5.32 Å². The number of sulfone groups is 1. The predicted molar refractivity (Wildman–Crippen MR) is 146 cm³/mol. The van der Waals surface area contributed by atoms with Gasteiger partial charge in [0, 0.05) is 18.2 Å². The molecule has 0 radical (unpaired) electrons. The topological polar surface area (TPSA) is 286 Å². The highest BCUT2D eigenvalue weighted by atomic mass is 32.3. The van der Waals surface area contributed by atoms with Crippen LogP contribution in [0.4, 0.5) is 0 Å². The molecule has 20 heteroatoms. The maximum Gasteiger partial charge on any atom is 0.328 e. The Bertz CT molecular complexity index is 1200. The summed E-state index contributed by atoms with van der Waals surface area (Å²) in [5.41, 5.74) is 6.49. The van der Waals surface area contributed by atoms with E-state index in [4.69, 9.17) is 15.2 Å². The number of hydrogen-bond acceptors (Lipinski definition) is 16. The third kappa shape index (κ3) is 9.53. The van der Waals surface area contributed by atoms with Crippen LogP contribution in [0.15, 0.2) is 16.8 Å². The molecule has 1 saturated heterocycles. The predicted octanol–water partition coefficient (Wildman–Crippen LogP) is -3.64. The van der Waals surface area contributed by atoms with Crippen molar-refractivity contribution < 1.29 is 65.4 Å². The Morgan fingerprint density at radius 1 is 1.19 bits per heavy atom. The Morgan fingerprint density at radius 3 is 2.33 bits per heavy atom. The number of nitrogens with one attached hydrogen (secondary N) is 1. The minimum absolute atomic E-state index is 0.160. The molecule has 1 fully saturated rings. The molecule has 10 atom stereocenters. The summed E-state index contributed by atoms with van der Waals surface area (Å²) >= 11 is -5.59. The van der Waals surface area contributed by atoms with Crippen molar-refractivity contribution in [3.8, 4) is 0 Å². The smallest absolute Gasteiger partial charge is 0.328 e. The van der Waals surface area contributed by atoms with Crippen LogP contribution < -0.4 is 11.1 Å². The van der Waals surface area contributed by atoms with Gasteiger partial charge in [0.2, 0.25) is 5.91 Å². The van der Waals surface area contributed by atoms with Crippen LogP contribution >= 0.6 is 11.3 Å². The van der Waals surface area contributed by atoms with E-state index in [-0.39, 0.29) is 6.42 Å². The average molecular weight is 679 g/mol. The highest BCUT2D eigenvalue weighted by Gasteiger charge is 2.45. The second-order valence-corrected chi connectivity index (χ2v) is 15.6. The van der Waals surface area contributed by atoms with Gasteiger partial charge >= 0.3 is 5.97 Å². The zero-order chi connectivity index (χ0) is 32.0. The minimum Gasteiger partial charge on any atom is -0.771 e. The van der Waals surface area contributed by atoms with Gasteiger partial charge < -0.3 is 50.1 Å². The molecule has 1 aliphatic heterocycles. The first-order chi connectivity index (χ1) is 19.4. The van der Waals surface area contributed by atoms with Gasteiger partial charge in [-0.2, -0.15) is 11.3 Å². The van der Waals surface area contributed by atoms with Crippen molar-refractivity contribution in [3.63, 3.8) is 0 Å². The summed E-state index contributed by atoms with van der Waals surface area (Å²) in [6, 6.07) is -1.51. The SMILES string of the molecule is CC(NC(=O)C(Cc1ccsc1)CC(C(N)CCS(C)(=O)=O)(S(=O)[O-])S(=O)[O-])C(=O)OCC1OC(O)C(O)C(O)C1O. The minimum atomic E-state index is -3.64. The number of esters is 1. The number of hydrogen-bond donors (Lipinski definition) is 6. The highest BCUT2D eigenvalue weighted by Crippen LogP contribution is 2.33. The summed E-state index contributed by atoms with van der Waals surface area (Å²) in [6.45, 7) is 0.512. The van der Waals surface area contributed by atoms with Crippen LogP contribution in [0.3, 0.4) is 0 Å². The van der Waals surface area contributed by atoms with Crippen LogP contribution in [-0.4, -0.2) is 124 Å². The van der Waals surface area contributed by atoms with E-state index in [1.54, 1.807) is 16.8 Å². The number of amides is 1. The van der Waals surface area contributed by atoms with Crippen molar-refractivity contribution in [2.75, 3.05) is 18.6 Å². The first kappa shape index (κ1) is 36.8. The van der Waals surface area contributed by atoms with Gasteiger partial charge in [0.25, 0.3) is 0 Å². The monoisotopic (exact) mass is 678 g/mol. The van der Waals surface area contributed by atoms with E-state index in [1.807, 2.05) is 0 Å². The van der Waals surface area contributed by atoms with E-state index in [9.17, 15) is 56.0 Å². The standard InChI is InChI=1S/C22H36N2O14S4/c1-11(20(29)37-9-14-16(25)17(26)18(27)21(30)38-14)24-19(28)13(7-12-3-5-39-10-12)8-22(40(31)32,41(33)34)15(23)4-6-42(2,35)36/h3,5,10-11,13-18,21,25-27,30H,4,6-9,23H2,1-2H3,(H,24,28)(H,31,32)(H,33,34)/p-2. The fourth-order valence-corrected chi connectivity index (χ4v) is 7.41. The number of nitrogens with two attached hydrogens (primary N) is 1. The molecule has 42 heavy (non-hydrogen) atoms. The fourth-order valence-electron chi connectivity index (χ4n) is 4.19. The zero-order valence-electron chi connectivity index (χ0n) is 22.5. The molecule has 0 aliphatic carbocycles. The first-order valence-corrected chi connectivity index (χ1v) is 17.5. The number of aliphatic hydroxyl groups is 4. The number of ether oxygens (including phenoxy) is 2. The lowest BCUT2D eigenvalue weighted by atomic mass is 9.91. The molecule has 7 N–H and O–H groups in total. The van der Waals surface area contributed by atoms with Crippen LogP contribution in [0.25, 0.3) is 0 Å². The summed E-state index contributed by atoms with van der Waals surface area (Å²) in [5.74, 6) is -4.00. The number of carbonyl (C=O) groups excluding carboxylic acids is 2. The largest absolute Gasteiger partial charge is 0.771 e. The molecule has 1 amide bonds. The summed E-state index contributed by atoms with van der Waals surface area (Å²) in [6.07, 6.45) is -9.32. The molecule has 10 unspecified atom stereocenters. The third-order valence-electron chi connectivity index (χ3n) is 6.68. The van der Waals surface area contributed by atoms with Gasteiger partial charge in [-0.05, 0) is 70.7 Å². The first-order valence-electron chi connectivity index (χ1n) is 12.4. The van der Waals surface area contributed by atoms with Gasteiger partial charge in [-0.1, -0.05) is 0 Å². The van der Waals surface area contributed by atoms with E-state index in [1.165, 1.54) is 18.3 Å². The van der Waals surface area contributed by atoms with Crippen molar-refractivity contribution in [1.82, 2.24) is 5.32 Å². The number of thiophene rings is 1. The third-order valence-corrected chi connectivity index (χ3v) is 11.3. The second-order valence-electron chi connectivity index (χ2n) is 9.94. The van der Waals surface area contributed by atoms with Gasteiger partial charge in [0.15, 0.2) is 6.29 Å². The Kier molecular flexibility index (Phi) is 13.6. The maximum absolute atomic E-state index is 13.3. The van der Waals surface area contributed by atoms with Gasteiger partial charge in [-0.15, -0.1) is 0 Å². The van der Waals surface area contributed by atoms with Crippen molar-refractivity contribution in [3.05, 3.63) is 22.4 Å². The van der Waals surface area contributed by atoms with Crippen molar-refractivity contribution in [1.29, 1.82) is 0 Å². The molecule has 2 heterocycles. The Labute approximate surface area is 251 Å². The van der Waals surface area contributed by atoms with E-state index in [0.717, 1.165) is 6.26 Å². The molecule has 16 nitrogen and oxygen atoms in total. The van der Waals surface area contributed by atoms with Crippen molar-refractivity contribution in [2.45, 2.75) is 73.1 Å². The zero-order valence-corrected chi connectivity index (χ0v) is 25.7. The lowest BCUT2D eigenvalue weighted by Crippen LogP contribution is -2.59. The summed E-state index contributed by atoms with van der Waals surface area (Å²) < 4.78 is 79.8. The molecule has 242 valence electrons. The van der Waals surface area contributed by atoms with Gasteiger partial charge in [-0.25, -0.2) is 13.2 Å². The van der Waals surface area contributed by atoms with Gasteiger partial charge in [0.05, 0.1) is 5.75 Å². The average Bonchev–Trinajstić information content (AvgIpc) is 3.41. The van der Waals surface area contributed by atoms with Crippen molar-refractivity contribution in [2.24, 2.45) is 11.7 Å². The lowest BCUT2D eigenvalue weighted by Gasteiger charge is -2.44. The molecule has 1 aliphatic rings. The normalized spacial score (nSPS) is 28.1. The number of carbonyl (C=O) groups is 2. The molecular weight excluding hydrogens is 645 g/mol. The number of aliphatic hydroxyl groups excluding tert-OH is 4. The van der Waals surface area contributed by atoms with Gasteiger partial charge in [0.1, 0.15) is 51.0 Å². The van der Waals surface area contributed by atoms with Crippen LogP contribution in [0.2, 0.25) is 0 Å². The summed E-state index contributed by atoms with van der Waals surface area (Å²) in [4.78, 5) is 25.9. The fraction of sp³-hybridized carbons (Fsp3) is 0.727. The van der Waals surface area contributed by atoms with E-state index in [0.29, 0.717) is 5.56 Å². The molecule has 0 spiro atoms. The van der Waals surface area contributed by atoms with Crippen LogP contribution in [0.5, 0.6) is 0 Å². The van der Waals surface area contributed by atoms with Crippen molar-refractivity contribution >= 4 is 55.2 Å².